The van der Waals surface area contributed by atoms with Gasteiger partial charge >= 0.3 is 0 Å². The Hall–Kier alpha value is -2.09. The Balaban J connectivity index is 0.00000338. The van der Waals surface area contributed by atoms with Gasteiger partial charge in [0, 0.05) is 14.1 Å². The molecule has 0 aliphatic carbocycles. The second-order valence-corrected chi connectivity index (χ2v) is 6.07. The van der Waals surface area contributed by atoms with Crippen molar-refractivity contribution in [2.45, 2.75) is 19.5 Å². The van der Waals surface area contributed by atoms with E-state index in [0.29, 0.717) is 12.5 Å². The molecule has 0 heterocycles. The van der Waals surface area contributed by atoms with Gasteiger partial charge in [-0.15, -0.1) is 24.0 Å². The first-order valence-corrected chi connectivity index (χ1v) is 8.40. The van der Waals surface area contributed by atoms with Gasteiger partial charge in [-0.05, 0) is 18.1 Å². The molecule has 0 spiro atoms. The lowest BCUT2D eigenvalue weighted by atomic mass is 10.1. The fourth-order valence-electron chi connectivity index (χ4n) is 2.25. The van der Waals surface area contributed by atoms with E-state index in [2.05, 4.69) is 34.7 Å². The van der Waals surface area contributed by atoms with Crippen LogP contribution in [0.15, 0.2) is 65.7 Å². The molecule has 26 heavy (non-hydrogen) atoms. The van der Waals surface area contributed by atoms with Gasteiger partial charge < -0.3 is 15.5 Å². The molecule has 2 aromatic rings. The number of amides is 1. The molecule has 0 fully saturated rings. The van der Waals surface area contributed by atoms with E-state index in [9.17, 15) is 4.79 Å². The first-order chi connectivity index (χ1) is 12.1. The number of rotatable bonds is 6. The minimum atomic E-state index is 0. The zero-order chi connectivity index (χ0) is 18.1. The molecule has 0 radical (unpaired) electrons. The Kier molecular flexibility index (Phi) is 9.72. The topological polar surface area (TPSA) is 56.7 Å². The molecule has 5 nitrogen and oxygen atoms in total. The number of likely N-dealkylation sites (N-methyl/N-ethyl adjacent to an activating group) is 1. The lowest BCUT2D eigenvalue weighted by Gasteiger charge is -2.19. The Morgan fingerprint density at radius 2 is 1.62 bits per heavy atom. The maximum Gasteiger partial charge on any atom is 0.241 e. The van der Waals surface area contributed by atoms with Gasteiger partial charge in [0.25, 0.3) is 0 Å². The zero-order valence-corrected chi connectivity index (χ0v) is 17.8. The molecule has 2 rings (SSSR count). The fourth-order valence-corrected chi connectivity index (χ4v) is 2.25. The molecule has 0 aliphatic heterocycles. The highest BCUT2D eigenvalue weighted by Gasteiger charge is 2.10. The van der Waals surface area contributed by atoms with Crippen LogP contribution in [-0.4, -0.2) is 37.4 Å². The minimum Gasteiger partial charge on any atom is -0.350 e. The predicted molar refractivity (Wildman–Crippen MR) is 118 cm³/mol. The standard InChI is InChI=1S/C20H26N4O.HI/c1-16(18-12-8-5-9-13-18)23-20(22-15-19(25)24(2)3)21-14-17-10-6-4-7-11-17;/h4-13,16H,14-15H2,1-3H3,(H2,21,22,23);1H. The number of hydrogen-bond donors (Lipinski definition) is 2. The molecule has 6 heteroatoms. The molecule has 0 bridgehead atoms. The number of benzene rings is 2. The summed E-state index contributed by atoms with van der Waals surface area (Å²) < 4.78 is 0. The van der Waals surface area contributed by atoms with E-state index in [1.807, 2.05) is 48.5 Å². The van der Waals surface area contributed by atoms with Crippen molar-refractivity contribution in [2.24, 2.45) is 4.99 Å². The second kappa shape index (κ2) is 11.5. The van der Waals surface area contributed by atoms with Gasteiger partial charge in [0.2, 0.25) is 5.91 Å². The van der Waals surface area contributed by atoms with E-state index in [4.69, 9.17) is 0 Å². The summed E-state index contributed by atoms with van der Waals surface area (Å²) in [6.07, 6.45) is 0. The molecule has 0 aromatic heterocycles. The van der Waals surface area contributed by atoms with Crippen LogP contribution in [0.2, 0.25) is 0 Å². The number of nitrogens with zero attached hydrogens (tertiary/aromatic N) is 2. The monoisotopic (exact) mass is 466 g/mol. The van der Waals surface area contributed by atoms with Crippen molar-refractivity contribution in [3.63, 3.8) is 0 Å². The lowest BCUT2D eigenvalue weighted by Crippen LogP contribution is -2.43. The summed E-state index contributed by atoms with van der Waals surface area (Å²) in [5.74, 6) is 0.622. The Labute approximate surface area is 172 Å². The van der Waals surface area contributed by atoms with Gasteiger partial charge in [0.1, 0.15) is 0 Å². The van der Waals surface area contributed by atoms with Crippen molar-refractivity contribution in [3.05, 3.63) is 71.8 Å². The quantitative estimate of drug-likeness (QED) is 0.391. The van der Waals surface area contributed by atoms with Crippen molar-refractivity contribution >= 4 is 35.8 Å². The maximum atomic E-state index is 11.9. The van der Waals surface area contributed by atoms with Crippen molar-refractivity contribution < 1.29 is 4.79 Å². The van der Waals surface area contributed by atoms with Gasteiger partial charge in [-0.25, -0.2) is 4.99 Å². The second-order valence-electron chi connectivity index (χ2n) is 6.07. The highest BCUT2D eigenvalue weighted by molar-refractivity contribution is 14.0. The van der Waals surface area contributed by atoms with Crippen LogP contribution >= 0.6 is 24.0 Å². The van der Waals surface area contributed by atoms with Crippen LogP contribution in [0.1, 0.15) is 24.1 Å². The molecule has 1 amide bonds. The van der Waals surface area contributed by atoms with Crippen molar-refractivity contribution in [2.75, 3.05) is 20.6 Å². The third-order valence-corrected chi connectivity index (χ3v) is 3.82. The molecule has 1 atom stereocenters. The first-order valence-electron chi connectivity index (χ1n) is 8.40. The zero-order valence-electron chi connectivity index (χ0n) is 15.5. The highest BCUT2D eigenvalue weighted by Crippen LogP contribution is 2.11. The molecule has 0 saturated carbocycles. The summed E-state index contributed by atoms with van der Waals surface area (Å²) in [5, 5.41) is 6.49. The lowest BCUT2D eigenvalue weighted by molar-refractivity contribution is -0.127. The van der Waals surface area contributed by atoms with Crippen molar-refractivity contribution in [1.29, 1.82) is 0 Å². The number of halogens is 1. The Morgan fingerprint density at radius 1 is 1.04 bits per heavy atom. The number of hydrogen-bond acceptors (Lipinski definition) is 2. The summed E-state index contributed by atoms with van der Waals surface area (Å²) in [6, 6.07) is 20.3. The highest BCUT2D eigenvalue weighted by atomic mass is 127. The minimum absolute atomic E-state index is 0. The third kappa shape index (κ3) is 7.43. The Bertz CT molecular complexity index is 689. The molecule has 0 aliphatic rings. The predicted octanol–water partition coefficient (Wildman–Crippen LogP) is 3.19. The summed E-state index contributed by atoms with van der Waals surface area (Å²) in [7, 11) is 3.48. The number of aliphatic imine (C=N–C) groups is 1. The van der Waals surface area contributed by atoms with E-state index >= 15 is 0 Å². The van der Waals surface area contributed by atoms with Crippen molar-refractivity contribution in [3.8, 4) is 0 Å². The number of guanidine groups is 1. The molecular formula is C20H27IN4O. The van der Waals surface area contributed by atoms with Crippen LogP contribution in [-0.2, 0) is 11.3 Å². The summed E-state index contributed by atoms with van der Waals surface area (Å²) >= 11 is 0. The van der Waals surface area contributed by atoms with Crippen LogP contribution in [0.5, 0.6) is 0 Å². The first kappa shape index (κ1) is 22.0. The van der Waals surface area contributed by atoms with Gasteiger partial charge in [-0.2, -0.15) is 0 Å². The van der Waals surface area contributed by atoms with Gasteiger partial charge in [0.15, 0.2) is 5.96 Å². The molecule has 1 unspecified atom stereocenters. The van der Waals surface area contributed by atoms with E-state index < -0.39 is 0 Å². The normalized spacial score (nSPS) is 11.9. The van der Waals surface area contributed by atoms with Crippen LogP contribution < -0.4 is 10.6 Å². The SMILES string of the molecule is CC(NC(=NCc1ccccc1)NCC(=O)N(C)C)c1ccccc1.I. The van der Waals surface area contributed by atoms with Crippen LogP contribution in [0.25, 0.3) is 0 Å². The molecule has 0 saturated heterocycles. The van der Waals surface area contributed by atoms with E-state index in [1.165, 1.54) is 0 Å². The van der Waals surface area contributed by atoms with Gasteiger partial charge in [-0.3, -0.25) is 4.79 Å². The van der Waals surface area contributed by atoms with Crippen molar-refractivity contribution in [1.82, 2.24) is 15.5 Å². The molecule has 2 aromatic carbocycles. The average Bonchev–Trinajstić information content (AvgIpc) is 2.65. The summed E-state index contributed by atoms with van der Waals surface area (Å²) in [4.78, 5) is 18.0. The number of nitrogens with one attached hydrogen (secondary N) is 2. The number of carbonyl (C=O) groups excluding carboxylic acids is 1. The van der Waals surface area contributed by atoms with Gasteiger partial charge in [-0.1, -0.05) is 60.7 Å². The van der Waals surface area contributed by atoms with Crippen LogP contribution in [0.3, 0.4) is 0 Å². The summed E-state index contributed by atoms with van der Waals surface area (Å²) in [6.45, 7) is 2.83. The van der Waals surface area contributed by atoms with E-state index in [0.717, 1.165) is 11.1 Å². The average molecular weight is 466 g/mol. The largest absolute Gasteiger partial charge is 0.350 e. The smallest absolute Gasteiger partial charge is 0.241 e. The molecule has 140 valence electrons. The third-order valence-electron chi connectivity index (χ3n) is 3.82. The molecule has 2 N–H and O–H groups in total. The number of carbonyl (C=O) groups is 1. The van der Waals surface area contributed by atoms with E-state index in [1.54, 1.807) is 19.0 Å². The fraction of sp³-hybridized carbons (Fsp3) is 0.300. The van der Waals surface area contributed by atoms with Crippen LogP contribution in [0, 0.1) is 0 Å². The molecular weight excluding hydrogens is 439 g/mol. The Morgan fingerprint density at radius 3 is 2.19 bits per heavy atom. The van der Waals surface area contributed by atoms with E-state index in [-0.39, 0.29) is 42.5 Å². The van der Waals surface area contributed by atoms with Gasteiger partial charge in [0.05, 0.1) is 19.1 Å². The maximum absolute atomic E-state index is 11.9. The van der Waals surface area contributed by atoms with Crippen LogP contribution in [0.4, 0.5) is 0 Å². The summed E-state index contributed by atoms with van der Waals surface area (Å²) in [5.41, 5.74) is 2.28.